The maximum Gasteiger partial charge on any atom is 0.00102 e. The van der Waals surface area contributed by atoms with Crippen molar-refractivity contribution in [2.24, 2.45) is 11.3 Å². The summed E-state index contributed by atoms with van der Waals surface area (Å²) in [6.45, 7) is 14.0. The summed E-state index contributed by atoms with van der Waals surface area (Å²) in [7, 11) is 0. The zero-order chi connectivity index (χ0) is 11.7. The molecular formula is C14H31N. The molecule has 92 valence electrons. The highest BCUT2D eigenvalue weighted by atomic mass is 14.9. The standard InChI is InChI=1S/C14H31N/c1-6-10-13(5)14(8-3,9-4)12-15-11-7-2/h13,15H,6-12H2,1-5H3. The molecule has 0 aliphatic carbocycles. The molecule has 1 N–H and O–H groups in total. The summed E-state index contributed by atoms with van der Waals surface area (Å²) in [5.41, 5.74) is 0.533. The molecule has 1 atom stereocenters. The smallest absolute Gasteiger partial charge is 0.00102 e. The van der Waals surface area contributed by atoms with Gasteiger partial charge < -0.3 is 5.32 Å². The molecule has 1 nitrogen and oxygen atoms in total. The van der Waals surface area contributed by atoms with E-state index in [0.717, 1.165) is 5.92 Å². The molecule has 0 aliphatic rings. The van der Waals surface area contributed by atoms with Gasteiger partial charge >= 0.3 is 0 Å². The molecule has 0 aromatic heterocycles. The highest BCUT2D eigenvalue weighted by Gasteiger charge is 2.31. The predicted molar refractivity (Wildman–Crippen MR) is 70.2 cm³/mol. The van der Waals surface area contributed by atoms with Gasteiger partial charge in [0.1, 0.15) is 0 Å². The van der Waals surface area contributed by atoms with E-state index in [1.165, 1.54) is 45.2 Å². The molecule has 0 aromatic rings. The van der Waals surface area contributed by atoms with Crippen LogP contribution in [0.15, 0.2) is 0 Å². The van der Waals surface area contributed by atoms with Crippen LogP contribution in [0, 0.1) is 11.3 Å². The van der Waals surface area contributed by atoms with E-state index in [2.05, 4.69) is 39.9 Å². The molecular weight excluding hydrogens is 182 g/mol. The van der Waals surface area contributed by atoms with Gasteiger partial charge in [0.05, 0.1) is 0 Å². The van der Waals surface area contributed by atoms with Gasteiger partial charge in [0, 0.05) is 6.54 Å². The second kappa shape index (κ2) is 8.15. The van der Waals surface area contributed by atoms with Crippen LogP contribution in [0.25, 0.3) is 0 Å². The Morgan fingerprint density at radius 3 is 2.00 bits per heavy atom. The molecule has 1 unspecified atom stereocenters. The number of rotatable bonds is 9. The van der Waals surface area contributed by atoms with E-state index >= 15 is 0 Å². The van der Waals surface area contributed by atoms with Gasteiger partial charge in [-0.3, -0.25) is 0 Å². The van der Waals surface area contributed by atoms with Crippen molar-refractivity contribution in [1.82, 2.24) is 5.32 Å². The van der Waals surface area contributed by atoms with Crippen LogP contribution in [0.5, 0.6) is 0 Å². The molecule has 0 amide bonds. The van der Waals surface area contributed by atoms with Crippen molar-refractivity contribution in [3.8, 4) is 0 Å². The zero-order valence-electron chi connectivity index (χ0n) is 11.5. The van der Waals surface area contributed by atoms with Crippen LogP contribution in [0.1, 0.15) is 66.7 Å². The van der Waals surface area contributed by atoms with Crippen molar-refractivity contribution >= 4 is 0 Å². The summed E-state index contributed by atoms with van der Waals surface area (Å²) < 4.78 is 0. The van der Waals surface area contributed by atoms with Gasteiger partial charge in [-0.25, -0.2) is 0 Å². The highest BCUT2D eigenvalue weighted by Crippen LogP contribution is 2.37. The molecule has 0 bridgehead atoms. The van der Waals surface area contributed by atoms with E-state index in [1.54, 1.807) is 0 Å². The van der Waals surface area contributed by atoms with Gasteiger partial charge in [-0.05, 0) is 37.1 Å². The summed E-state index contributed by atoms with van der Waals surface area (Å²) >= 11 is 0. The average molecular weight is 213 g/mol. The van der Waals surface area contributed by atoms with E-state index in [1.807, 2.05) is 0 Å². The number of hydrogen-bond donors (Lipinski definition) is 1. The Morgan fingerprint density at radius 1 is 1.00 bits per heavy atom. The van der Waals surface area contributed by atoms with E-state index in [0.29, 0.717) is 5.41 Å². The lowest BCUT2D eigenvalue weighted by atomic mass is 9.70. The van der Waals surface area contributed by atoms with Crippen molar-refractivity contribution in [2.75, 3.05) is 13.1 Å². The first-order chi connectivity index (χ1) is 7.16. The molecule has 0 saturated heterocycles. The molecule has 0 aromatic carbocycles. The Bertz CT molecular complexity index is 138. The van der Waals surface area contributed by atoms with E-state index in [9.17, 15) is 0 Å². The quantitative estimate of drug-likeness (QED) is 0.565. The first-order valence-electron chi connectivity index (χ1n) is 6.87. The Morgan fingerprint density at radius 2 is 1.60 bits per heavy atom. The van der Waals surface area contributed by atoms with Crippen molar-refractivity contribution in [1.29, 1.82) is 0 Å². The maximum atomic E-state index is 3.62. The molecule has 0 heterocycles. The third kappa shape index (κ3) is 4.55. The van der Waals surface area contributed by atoms with Crippen LogP contribution in [0.3, 0.4) is 0 Å². The van der Waals surface area contributed by atoms with Gasteiger partial charge in [0.15, 0.2) is 0 Å². The number of hydrogen-bond acceptors (Lipinski definition) is 1. The third-order valence-electron chi connectivity index (χ3n) is 4.08. The van der Waals surface area contributed by atoms with E-state index in [-0.39, 0.29) is 0 Å². The van der Waals surface area contributed by atoms with Gasteiger partial charge in [-0.2, -0.15) is 0 Å². The Balaban J connectivity index is 4.28. The maximum absolute atomic E-state index is 3.62. The highest BCUT2D eigenvalue weighted by molar-refractivity contribution is 4.84. The monoisotopic (exact) mass is 213 g/mol. The second-order valence-electron chi connectivity index (χ2n) is 4.94. The predicted octanol–water partition coefficient (Wildman–Crippen LogP) is 4.23. The first-order valence-corrected chi connectivity index (χ1v) is 6.87. The van der Waals surface area contributed by atoms with Gasteiger partial charge in [0.2, 0.25) is 0 Å². The summed E-state index contributed by atoms with van der Waals surface area (Å²) in [6.07, 6.45) is 6.54. The Labute approximate surface area is 97.0 Å². The molecule has 0 radical (unpaired) electrons. The van der Waals surface area contributed by atoms with Crippen LogP contribution >= 0.6 is 0 Å². The van der Waals surface area contributed by atoms with E-state index < -0.39 is 0 Å². The van der Waals surface area contributed by atoms with E-state index in [4.69, 9.17) is 0 Å². The molecule has 15 heavy (non-hydrogen) atoms. The minimum Gasteiger partial charge on any atom is -0.316 e. The van der Waals surface area contributed by atoms with Gasteiger partial charge in [0.25, 0.3) is 0 Å². The van der Waals surface area contributed by atoms with Crippen LogP contribution in [0.4, 0.5) is 0 Å². The minimum atomic E-state index is 0.533. The fraction of sp³-hybridized carbons (Fsp3) is 1.00. The summed E-state index contributed by atoms with van der Waals surface area (Å²) in [4.78, 5) is 0. The fourth-order valence-corrected chi connectivity index (χ4v) is 2.62. The summed E-state index contributed by atoms with van der Waals surface area (Å²) in [5, 5.41) is 3.62. The van der Waals surface area contributed by atoms with Crippen molar-refractivity contribution < 1.29 is 0 Å². The van der Waals surface area contributed by atoms with Gasteiger partial charge in [-0.15, -0.1) is 0 Å². The van der Waals surface area contributed by atoms with Crippen LogP contribution in [-0.4, -0.2) is 13.1 Å². The van der Waals surface area contributed by atoms with Crippen LogP contribution < -0.4 is 5.32 Å². The minimum absolute atomic E-state index is 0.533. The number of nitrogens with one attached hydrogen (secondary N) is 1. The van der Waals surface area contributed by atoms with Crippen LogP contribution in [0.2, 0.25) is 0 Å². The van der Waals surface area contributed by atoms with Gasteiger partial charge in [-0.1, -0.05) is 47.5 Å². The molecule has 0 fully saturated rings. The largest absolute Gasteiger partial charge is 0.316 e. The van der Waals surface area contributed by atoms with Crippen molar-refractivity contribution in [3.05, 3.63) is 0 Å². The van der Waals surface area contributed by atoms with Crippen molar-refractivity contribution in [2.45, 2.75) is 66.7 Å². The lowest BCUT2D eigenvalue weighted by Gasteiger charge is -2.38. The molecule has 0 rings (SSSR count). The lowest BCUT2D eigenvalue weighted by Crippen LogP contribution is -2.39. The molecule has 0 aliphatic heterocycles. The van der Waals surface area contributed by atoms with Crippen molar-refractivity contribution in [3.63, 3.8) is 0 Å². The van der Waals surface area contributed by atoms with Crippen LogP contribution in [-0.2, 0) is 0 Å². The average Bonchev–Trinajstić information content (AvgIpc) is 2.25. The SMILES string of the molecule is CCCNCC(CC)(CC)C(C)CCC. The Hall–Kier alpha value is -0.0400. The Kier molecular flexibility index (Phi) is 8.13. The topological polar surface area (TPSA) is 12.0 Å². The zero-order valence-corrected chi connectivity index (χ0v) is 11.5. The normalized spacial score (nSPS) is 14.2. The summed E-state index contributed by atoms with van der Waals surface area (Å²) in [5.74, 6) is 0.849. The second-order valence-corrected chi connectivity index (χ2v) is 4.94. The third-order valence-corrected chi connectivity index (χ3v) is 4.08. The molecule has 0 spiro atoms. The first kappa shape index (κ1) is 15.0. The fourth-order valence-electron chi connectivity index (χ4n) is 2.62. The summed E-state index contributed by atoms with van der Waals surface area (Å²) in [6, 6.07) is 0. The molecule has 1 heteroatoms. The molecule has 0 saturated carbocycles. The lowest BCUT2D eigenvalue weighted by molar-refractivity contribution is 0.142.